The summed E-state index contributed by atoms with van der Waals surface area (Å²) >= 11 is 1.41. The number of ketones is 1. The maximum atomic E-state index is 14.3. The van der Waals surface area contributed by atoms with Crippen molar-refractivity contribution < 1.29 is 14.3 Å². The Morgan fingerprint density at radius 2 is 1.79 bits per heavy atom. The van der Waals surface area contributed by atoms with Crippen LogP contribution >= 0.6 is 11.3 Å². The molecule has 1 aromatic carbocycles. The van der Waals surface area contributed by atoms with Crippen molar-refractivity contribution in [1.29, 1.82) is 0 Å². The van der Waals surface area contributed by atoms with Gasteiger partial charge >= 0.3 is 0 Å². The number of carbonyl (C=O) groups is 1. The molecule has 4 nitrogen and oxygen atoms in total. The molecule has 0 N–H and O–H groups in total. The van der Waals surface area contributed by atoms with Crippen LogP contribution in [0, 0.1) is 5.82 Å². The average molecular weight is 345 g/mol. The first kappa shape index (κ1) is 16.5. The Morgan fingerprint density at radius 3 is 2.29 bits per heavy atom. The zero-order valence-electron chi connectivity index (χ0n) is 14.0. The van der Waals surface area contributed by atoms with Crippen LogP contribution in [0.15, 0.2) is 36.1 Å². The van der Waals surface area contributed by atoms with Gasteiger partial charge in [-0.1, -0.05) is 0 Å². The number of carbonyl (C=O) groups excluding carboxylic acids is 1. The van der Waals surface area contributed by atoms with E-state index < -0.39 is 11.7 Å². The normalized spacial score (nSPS) is 17.0. The second-order valence-corrected chi connectivity index (χ2v) is 7.26. The first-order chi connectivity index (χ1) is 11.3. The molecule has 6 heteroatoms. The smallest absolute Gasteiger partial charge is 0.174 e. The molecule has 0 saturated carbocycles. The van der Waals surface area contributed by atoms with Crippen LogP contribution in [-0.4, -0.2) is 34.0 Å². The van der Waals surface area contributed by atoms with Crippen LogP contribution in [0.2, 0.25) is 0 Å². The van der Waals surface area contributed by atoms with Crippen molar-refractivity contribution in [1.82, 2.24) is 0 Å². The van der Waals surface area contributed by atoms with E-state index in [0.29, 0.717) is 10.6 Å². The number of hydrogen-bond donors (Lipinski definition) is 0. The number of benzene rings is 1. The van der Waals surface area contributed by atoms with E-state index >= 15 is 0 Å². The summed E-state index contributed by atoms with van der Waals surface area (Å²) in [5.74, 6) is -1.93. The molecule has 0 radical (unpaired) electrons. The minimum absolute atomic E-state index is 0.0254. The van der Waals surface area contributed by atoms with Crippen molar-refractivity contribution in [2.45, 2.75) is 5.92 Å². The average Bonchev–Trinajstić information content (AvgIpc) is 2.98. The predicted molar refractivity (Wildman–Crippen MR) is 94.0 cm³/mol. The van der Waals surface area contributed by atoms with Crippen molar-refractivity contribution in [3.63, 3.8) is 0 Å². The molecule has 1 aromatic heterocycles. The SMILES string of the molecule is CN(C)c1ccc(C2=C([O-])C(c3ccc(N(C)C)s3)C2=O)c(F)c1. The number of Topliss-reactive ketones (excluding diaryl/α,β-unsaturated/α-hetero) is 1. The Labute approximate surface area is 144 Å². The number of allylic oxidation sites excluding steroid dienone is 2. The number of nitrogens with zero attached hydrogens (tertiary/aromatic N) is 2. The van der Waals surface area contributed by atoms with Gasteiger partial charge in [0.25, 0.3) is 0 Å². The Hall–Kier alpha value is -2.34. The van der Waals surface area contributed by atoms with Crippen molar-refractivity contribution in [3.8, 4) is 0 Å². The lowest BCUT2D eigenvalue weighted by Gasteiger charge is -2.36. The molecular weight excluding hydrogens is 327 g/mol. The minimum atomic E-state index is -0.786. The van der Waals surface area contributed by atoms with Crippen LogP contribution in [0.25, 0.3) is 5.57 Å². The molecule has 1 heterocycles. The number of thiophene rings is 1. The van der Waals surface area contributed by atoms with E-state index in [-0.39, 0.29) is 22.7 Å². The third kappa shape index (κ3) is 2.57. The molecule has 2 aromatic rings. The molecule has 0 bridgehead atoms. The first-order valence-corrected chi connectivity index (χ1v) is 8.32. The molecule has 0 spiro atoms. The molecule has 0 amide bonds. The molecule has 24 heavy (non-hydrogen) atoms. The van der Waals surface area contributed by atoms with Gasteiger partial charge in [-0.3, -0.25) is 4.79 Å². The lowest BCUT2D eigenvalue weighted by molar-refractivity contribution is -0.309. The van der Waals surface area contributed by atoms with E-state index in [1.807, 2.05) is 25.1 Å². The fourth-order valence-corrected chi connectivity index (χ4v) is 3.73. The summed E-state index contributed by atoms with van der Waals surface area (Å²) in [6.45, 7) is 0. The third-order valence-corrected chi connectivity index (χ3v) is 5.41. The second kappa shape index (κ2) is 5.94. The molecule has 1 aliphatic carbocycles. The van der Waals surface area contributed by atoms with E-state index in [4.69, 9.17) is 0 Å². The quantitative estimate of drug-likeness (QED) is 0.854. The molecule has 0 aliphatic heterocycles. The predicted octanol–water partition coefficient (Wildman–Crippen LogP) is 2.46. The van der Waals surface area contributed by atoms with Gasteiger partial charge in [-0.05, 0) is 30.3 Å². The molecular formula is C18H18FN2O2S-. The molecule has 0 saturated heterocycles. The van der Waals surface area contributed by atoms with Crippen LogP contribution in [0.3, 0.4) is 0 Å². The standard InChI is InChI=1S/C18H19FN2O2S/c1-20(2)10-5-6-11(12(19)9-10)15-17(22)16(18(15)23)13-7-8-14(24-13)21(3)4/h5-9,16,22H,1-4H3/p-1. The van der Waals surface area contributed by atoms with Crippen molar-refractivity contribution in [2.75, 3.05) is 38.0 Å². The summed E-state index contributed by atoms with van der Waals surface area (Å²) in [4.78, 5) is 16.9. The minimum Gasteiger partial charge on any atom is -0.874 e. The summed E-state index contributed by atoms with van der Waals surface area (Å²) in [5, 5.41) is 13.5. The zero-order valence-corrected chi connectivity index (χ0v) is 14.8. The Balaban J connectivity index is 1.95. The number of halogens is 1. The largest absolute Gasteiger partial charge is 0.874 e. The highest BCUT2D eigenvalue weighted by Crippen LogP contribution is 2.45. The number of anilines is 2. The summed E-state index contributed by atoms with van der Waals surface area (Å²) < 4.78 is 14.3. The summed E-state index contributed by atoms with van der Waals surface area (Å²) in [5.41, 5.74) is 0.750. The fraction of sp³-hybridized carbons (Fsp3) is 0.278. The molecule has 3 rings (SSSR count). The van der Waals surface area contributed by atoms with Gasteiger partial charge in [0.15, 0.2) is 5.78 Å². The first-order valence-electron chi connectivity index (χ1n) is 7.51. The maximum absolute atomic E-state index is 14.3. The van der Waals surface area contributed by atoms with Crippen LogP contribution in [-0.2, 0) is 4.79 Å². The van der Waals surface area contributed by atoms with Crippen LogP contribution < -0.4 is 14.9 Å². The highest BCUT2D eigenvalue weighted by molar-refractivity contribution is 7.16. The zero-order chi connectivity index (χ0) is 17.6. The molecule has 1 aliphatic rings. The molecule has 1 atom stereocenters. The van der Waals surface area contributed by atoms with Gasteiger partial charge in [0.1, 0.15) is 5.82 Å². The lowest BCUT2D eigenvalue weighted by Crippen LogP contribution is -2.35. The van der Waals surface area contributed by atoms with Gasteiger partial charge in [-0.2, -0.15) is 0 Å². The monoisotopic (exact) mass is 345 g/mol. The van der Waals surface area contributed by atoms with E-state index in [2.05, 4.69) is 0 Å². The molecule has 126 valence electrons. The number of hydrogen-bond acceptors (Lipinski definition) is 5. The van der Waals surface area contributed by atoms with Gasteiger partial charge < -0.3 is 14.9 Å². The van der Waals surface area contributed by atoms with Crippen LogP contribution in [0.5, 0.6) is 0 Å². The summed E-state index contributed by atoms with van der Waals surface area (Å²) in [7, 11) is 7.41. The van der Waals surface area contributed by atoms with Crippen molar-refractivity contribution >= 4 is 33.4 Å². The van der Waals surface area contributed by atoms with Gasteiger partial charge in [-0.15, -0.1) is 17.1 Å². The molecule has 0 fully saturated rings. The van der Waals surface area contributed by atoms with Crippen molar-refractivity contribution in [2.24, 2.45) is 0 Å². The number of rotatable bonds is 4. The third-order valence-electron chi connectivity index (χ3n) is 4.09. The van der Waals surface area contributed by atoms with E-state index in [1.165, 1.54) is 23.5 Å². The lowest BCUT2D eigenvalue weighted by atomic mass is 9.77. The second-order valence-electron chi connectivity index (χ2n) is 6.17. The Morgan fingerprint density at radius 1 is 1.08 bits per heavy atom. The van der Waals surface area contributed by atoms with Gasteiger partial charge in [-0.25, -0.2) is 4.39 Å². The van der Waals surface area contributed by atoms with E-state index in [1.54, 1.807) is 31.1 Å². The fourth-order valence-electron chi connectivity index (χ4n) is 2.70. The van der Waals surface area contributed by atoms with E-state index in [0.717, 1.165) is 5.00 Å². The summed E-state index contributed by atoms with van der Waals surface area (Å²) in [6.07, 6.45) is 0. The van der Waals surface area contributed by atoms with Gasteiger partial charge in [0.05, 0.1) is 10.9 Å². The Bertz CT molecular complexity index is 839. The highest BCUT2D eigenvalue weighted by Gasteiger charge is 2.37. The summed E-state index contributed by atoms with van der Waals surface area (Å²) in [6, 6.07) is 8.22. The van der Waals surface area contributed by atoms with Gasteiger partial charge in [0.2, 0.25) is 0 Å². The molecule has 1 unspecified atom stereocenters. The Kier molecular flexibility index (Phi) is 4.09. The van der Waals surface area contributed by atoms with Crippen molar-refractivity contribution in [3.05, 3.63) is 52.3 Å². The highest BCUT2D eigenvalue weighted by atomic mass is 32.1. The topological polar surface area (TPSA) is 46.6 Å². The van der Waals surface area contributed by atoms with Gasteiger partial charge in [0, 0.05) is 49.9 Å². The maximum Gasteiger partial charge on any atom is 0.174 e. The van der Waals surface area contributed by atoms with Crippen LogP contribution in [0.4, 0.5) is 15.1 Å². The van der Waals surface area contributed by atoms with Crippen LogP contribution in [0.1, 0.15) is 16.4 Å². The van der Waals surface area contributed by atoms with E-state index in [9.17, 15) is 14.3 Å².